The summed E-state index contributed by atoms with van der Waals surface area (Å²) in [4.78, 5) is 7.03. The van der Waals surface area contributed by atoms with Crippen LogP contribution in [0, 0.1) is 11.3 Å². The largest absolute Gasteiger partial charge is 0.436 e. The third-order valence-electron chi connectivity index (χ3n) is 6.05. The van der Waals surface area contributed by atoms with Gasteiger partial charge in [0.15, 0.2) is 0 Å². The zero-order chi connectivity index (χ0) is 22.5. The van der Waals surface area contributed by atoms with Gasteiger partial charge >= 0.3 is 0 Å². The molecule has 33 heavy (non-hydrogen) atoms. The molecule has 1 saturated heterocycles. The maximum absolute atomic E-state index is 10.0. The van der Waals surface area contributed by atoms with Gasteiger partial charge in [-0.25, -0.2) is 4.99 Å². The van der Waals surface area contributed by atoms with E-state index in [4.69, 9.17) is 4.42 Å². The molecule has 4 aromatic rings. The van der Waals surface area contributed by atoms with Gasteiger partial charge in [-0.15, -0.1) is 0 Å². The molecule has 0 unspecified atom stereocenters. The van der Waals surface area contributed by atoms with Crippen molar-refractivity contribution in [3.63, 3.8) is 0 Å². The maximum atomic E-state index is 10.0. The molecule has 0 aliphatic carbocycles. The maximum Gasteiger partial charge on any atom is 0.238 e. The highest BCUT2D eigenvalue weighted by molar-refractivity contribution is 5.90. The van der Waals surface area contributed by atoms with Gasteiger partial charge in [-0.3, -0.25) is 0 Å². The predicted octanol–water partition coefficient (Wildman–Crippen LogP) is 7.23. The smallest absolute Gasteiger partial charge is 0.238 e. The Morgan fingerprint density at radius 2 is 1.42 bits per heavy atom. The number of benzene rings is 3. The van der Waals surface area contributed by atoms with Crippen LogP contribution in [-0.4, -0.2) is 19.3 Å². The summed E-state index contributed by atoms with van der Waals surface area (Å²) in [5, 5.41) is 10.0. The second-order valence-corrected chi connectivity index (χ2v) is 8.23. The van der Waals surface area contributed by atoms with E-state index in [2.05, 4.69) is 40.2 Å². The zero-order valence-corrected chi connectivity index (χ0v) is 18.4. The van der Waals surface area contributed by atoms with Crippen molar-refractivity contribution in [2.75, 3.05) is 18.0 Å². The lowest BCUT2D eigenvalue weighted by Gasteiger charge is -2.28. The molecule has 0 amide bonds. The van der Waals surface area contributed by atoms with Crippen molar-refractivity contribution in [3.05, 3.63) is 96.1 Å². The predicted molar refractivity (Wildman–Crippen MR) is 134 cm³/mol. The number of nitriles is 1. The summed E-state index contributed by atoms with van der Waals surface area (Å²) in [6.07, 6.45) is 5.60. The number of furan rings is 1. The Morgan fingerprint density at radius 1 is 0.788 bits per heavy atom. The summed E-state index contributed by atoms with van der Waals surface area (Å²) in [5.74, 6) is 0.987. The van der Waals surface area contributed by atoms with E-state index in [0.29, 0.717) is 17.2 Å². The fraction of sp³-hybridized carbons (Fsp3) is 0.172. The van der Waals surface area contributed by atoms with Crippen LogP contribution < -0.4 is 4.90 Å². The van der Waals surface area contributed by atoms with Gasteiger partial charge in [-0.1, -0.05) is 72.8 Å². The molecule has 0 spiro atoms. The van der Waals surface area contributed by atoms with E-state index in [1.807, 2.05) is 60.7 Å². The Morgan fingerprint density at radius 3 is 2.06 bits per heavy atom. The van der Waals surface area contributed by atoms with Crippen molar-refractivity contribution >= 4 is 17.8 Å². The standard InChI is InChI=1S/C29H25N3O/c30-20-26-27(23-10-4-1-5-11-23)28(24-12-6-2-7-13-24)33-29(26)31-21-22-14-16-25(17-15-22)32-18-8-3-9-19-32/h1-2,4-7,10-17,21H,3,8-9,18-19H2. The highest BCUT2D eigenvalue weighted by atomic mass is 16.4. The Bertz CT molecular complexity index is 1280. The van der Waals surface area contributed by atoms with Gasteiger partial charge in [-0.2, -0.15) is 5.26 Å². The molecule has 162 valence electrons. The summed E-state index contributed by atoms with van der Waals surface area (Å²) < 4.78 is 6.19. The van der Waals surface area contributed by atoms with Crippen LogP contribution >= 0.6 is 0 Å². The van der Waals surface area contributed by atoms with Gasteiger partial charge in [0.25, 0.3) is 0 Å². The third kappa shape index (κ3) is 4.44. The Hall–Kier alpha value is -4.10. The van der Waals surface area contributed by atoms with Crippen molar-refractivity contribution in [3.8, 4) is 28.5 Å². The van der Waals surface area contributed by atoms with Crippen molar-refractivity contribution in [2.45, 2.75) is 19.3 Å². The zero-order valence-electron chi connectivity index (χ0n) is 18.4. The second kappa shape index (κ2) is 9.58. The van der Waals surface area contributed by atoms with Gasteiger partial charge in [0.1, 0.15) is 17.4 Å². The number of aliphatic imine (C=N–C) groups is 1. The average Bonchev–Trinajstić information content (AvgIpc) is 3.28. The summed E-state index contributed by atoms with van der Waals surface area (Å²) in [6.45, 7) is 2.24. The average molecular weight is 432 g/mol. The molecule has 1 fully saturated rings. The van der Waals surface area contributed by atoms with Crippen LogP contribution in [0.15, 0.2) is 94.3 Å². The molecule has 0 bridgehead atoms. The molecule has 0 atom stereocenters. The van der Waals surface area contributed by atoms with Crippen LogP contribution in [0.4, 0.5) is 11.6 Å². The van der Waals surface area contributed by atoms with Gasteiger partial charge < -0.3 is 9.32 Å². The Labute approximate surface area is 194 Å². The van der Waals surface area contributed by atoms with Gasteiger partial charge in [-0.05, 0) is 42.5 Å². The summed E-state index contributed by atoms with van der Waals surface area (Å²) in [5.41, 5.74) is 5.29. The molecule has 0 N–H and O–H groups in total. The number of rotatable bonds is 5. The van der Waals surface area contributed by atoms with Crippen LogP contribution in [0.2, 0.25) is 0 Å². The molecule has 1 aliphatic rings. The molecule has 5 rings (SSSR count). The second-order valence-electron chi connectivity index (χ2n) is 8.23. The summed E-state index contributed by atoms with van der Waals surface area (Å²) >= 11 is 0. The molecule has 0 saturated carbocycles. The first-order chi connectivity index (χ1) is 16.3. The summed E-state index contributed by atoms with van der Waals surface area (Å²) in [6, 6.07) is 30.5. The van der Waals surface area contributed by atoms with E-state index in [0.717, 1.165) is 35.3 Å². The molecule has 2 heterocycles. The SMILES string of the molecule is N#Cc1c(N=Cc2ccc(N3CCCCC3)cc2)oc(-c2ccccc2)c1-c1ccccc1. The lowest BCUT2D eigenvalue weighted by atomic mass is 9.98. The highest BCUT2D eigenvalue weighted by Crippen LogP contribution is 2.42. The minimum atomic E-state index is 0.329. The van der Waals surface area contributed by atoms with Crippen LogP contribution in [0.25, 0.3) is 22.5 Å². The monoisotopic (exact) mass is 431 g/mol. The highest BCUT2D eigenvalue weighted by Gasteiger charge is 2.22. The minimum absolute atomic E-state index is 0.329. The van der Waals surface area contributed by atoms with Crippen molar-refractivity contribution < 1.29 is 4.42 Å². The van der Waals surface area contributed by atoms with E-state index in [-0.39, 0.29) is 0 Å². The number of hydrogen-bond acceptors (Lipinski definition) is 4. The molecule has 4 nitrogen and oxygen atoms in total. The van der Waals surface area contributed by atoms with Crippen molar-refractivity contribution in [1.29, 1.82) is 5.26 Å². The van der Waals surface area contributed by atoms with Crippen LogP contribution in [0.1, 0.15) is 30.4 Å². The first kappa shape index (κ1) is 20.8. The van der Waals surface area contributed by atoms with Crippen molar-refractivity contribution in [2.24, 2.45) is 4.99 Å². The number of hydrogen-bond donors (Lipinski definition) is 0. The topological polar surface area (TPSA) is 52.5 Å². The van der Waals surface area contributed by atoms with Gasteiger partial charge in [0.2, 0.25) is 5.88 Å². The molecule has 1 aliphatic heterocycles. The van der Waals surface area contributed by atoms with Crippen LogP contribution in [-0.2, 0) is 0 Å². The first-order valence-corrected chi connectivity index (χ1v) is 11.4. The lowest BCUT2D eigenvalue weighted by molar-refractivity contribution is 0.578. The Balaban J connectivity index is 1.50. The van der Waals surface area contributed by atoms with Crippen LogP contribution in [0.3, 0.4) is 0 Å². The molecular formula is C29H25N3O. The van der Waals surface area contributed by atoms with E-state index in [1.54, 1.807) is 6.21 Å². The molecule has 0 radical (unpaired) electrons. The van der Waals surface area contributed by atoms with E-state index in [1.165, 1.54) is 24.9 Å². The lowest BCUT2D eigenvalue weighted by Crippen LogP contribution is -2.29. The van der Waals surface area contributed by atoms with Crippen molar-refractivity contribution in [1.82, 2.24) is 0 Å². The van der Waals surface area contributed by atoms with Crippen LogP contribution in [0.5, 0.6) is 0 Å². The van der Waals surface area contributed by atoms with E-state index in [9.17, 15) is 5.26 Å². The molecular weight excluding hydrogens is 406 g/mol. The number of piperidine rings is 1. The van der Waals surface area contributed by atoms with E-state index < -0.39 is 0 Å². The summed E-state index contributed by atoms with van der Waals surface area (Å²) in [7, 11) is 0. The first-order valence-electron chi connectivity index (χ1n) is 11.4. The fourth-order valence-corrected chi connectivity index (χ4v) is 4.34. The normalized spacial score (nSPS) is 13.8. The quantitative estimate of drug-likeness (QED) is 0.313. The van der Waals surface area contributed by atoms with E-state index >= 15 is 0 Å². The number of nitrogens with zero attached hydrogens (tertiary/aromatic N) is 3. The van der Waals surface area contributed by atoms with Gasteiger partial charge in [0.05, 0.1) is 0 Å². The fourth-order valence-electron chi connectivity index (χ4n) is 4.34. The minimum Gasteiger partial charge on any atom is -0.436 e. The molecule has 4 heteroatoms. The Kier molecular flexibility index (Phi) is 6.04. The third-order valence-corrected chi connectivity index (χ3v) is 6.05. The molecule has 1 aromatic heterocycles. The molecule has 3 aromatic carbocycles. The number of anilines is 1. The van der Waals surface area contributed by atoms with Gasteiger partial charge in [0, 0.05) is 36.1 Å².